The molecule has 0 bridgehead atoms. The molecule has 0 fully saturated rings. The third kappa shape index (κ3) is 2.77. The number of amides is 1. The van der Waals surface area contributed by atoms with Gasteiger partial charge < -0.3 is 14.8 Å². The van der Waals surface area contributed by atoms with Gasteiger partial charge in [-0.2, -0.15) is 0 Å². The maximum Gasteiger partial charge on any atom is 0.261 e. The number of aromatic nitrogens is 2. The van der Waals surface area contributed by atoms with E-state index < -0.39 is 6.04 Å². The molecule has 3 aromatic rings. The summed E-state index contributed by atoms with van der Waals surface area (Å²) < 4.78 is 12.0. The average molecular weight is 351 g/mol. The van der Waals surface area contributed by atoms with Crippen LogP contribution in [0.1, 0.15) is 19.4 Å². The molecule has 0 saturated carbocycles. The maximum atomic E-state index is 12.8. The topological polar surface area (TPSA) is 82.4 Å². The third-order valence-corrected chi connectivity index (χ3v) is 4.36. The molecule has 0 aliphatic carbocycles. The highest BCUT2D eigenvalue weighted by Crippen LogP contribution is 2.34. The van der Waals surface area contributed by atoms with E-state index in [4.69, 9.17) is 9.47 Å². The van der Waals surface area contributed by atoms with Crippen LogP contribution in [0.25, 0.3) is 10.9 Å². The molecule has 1 aromatic heterocycles. The smallest absolute Gasteiger partial charge is 0.261 e. The fraction of sp³-hybridized carbons (Fsp3) is 0.211. The van der Waals surface area contributed by atoms with E-state index in [-0.39, 0.29) is 18.3 Å². The Morgan fingerprint density at radius 2 is 2.04 bits per heavy atom. The van der Waals surface area contributed by atoms with Gasteiger partial charge in [0.15, 0.2) is 11.5 Å². The van der Waals surface area contributed by atoms with E-state index >= 15 is 0 Å². The summed E-state index contributed by atoms with van der Waals surface area (Å²) in [6.07, 6.45) is 1.88. The summed E-state index contributed by atoms with van der Waals surface area (Å²) in [5, 5.41) is 3.32. The van der Waals surface area contributed by atoms with Crippen molar-refractivity contribution in [1.82, 2.24) is 9.55 Å². The number of hydrogen-bond donors (Lipinski definition) is 1. The second kappa shape index (κ2) is 6.51. The number of fused-ring (bicyclic) bond motifs is 2. The normalized spacial score (nSPS) is 13.6. The lowest BCUT2D eigenvalue weighted by atomic mass is 10.1. The number of anilines is 1. The minimum absolute atomic E-state index is 0.169. The standard InChI is InChI=1S/C19H17N3O4/c1-2-15(22-10-20-14-6-4-3-5-13(14)19(22)24)18(23)21-12-7-8-16-17(9-12)26-11-25-16/h3-10,15H,2,11H2,1H3,(H,21,23). The number of nitrogens with one attached hydrogen (secondary N) is 1. The van der Waals surface area contributed by atoms with E-state index in [2.05, 4.69) is 10.3 Å². The summed E-state index contributed by atoms with van der Waals surface area (Å²) in [7, 11) is 0. The molecule has 1 amide bonds. The lowest BCUT2D eigenvalue weighted by Gasteiger charge is -2.18. The van der Waals surface area contributed by atoms with Crippen LogP contribution in [0.5, 0.6) is 11.5 Å². The molecule has 2 aromatic carbocycles. The lowest BCUT2D eigenvalue weighted by molar-refractivity contribution is -0.119. The van der Waals surface area contributed by atoms with Crippen molar-refractivity contribution in [3.8, 4) is 11.5 Å². The molecule has 1 atom stereocenters. The molecule has 4 rings (SSSR count). The average Bonchev–Trinajstić information content (AvgIpc) is 3.12. The maximum absolute atomic E-state index is 12.8. The molecular formula is C19H17N3O4. The van der Waals surface area contributed by atoms with Crippen molar-refractivity contribution in [3.63, 3.8) is 0 Å². The van der Waals surface area contributed by atoms with Crippen LogP contribution < -0.4 is 20.3 Å². The molecule has 0 saturated heterocycles. The Labute approximate surface area is 149 Å². The Bertz CT molecular complexity index is 1040. The second-order valence-electron chi connectivity index (χ2n) is 5.96. The van der Waals surface area contributed by atoms with E-state index in [1.165, 1.54) is 10.9 Å². The van der Waals surface area contributed by atoms with Gasteiger partial charge in [0.25, 0.3) is 5.56 Å². The van der Waals surface area contributed by atoms with Crippen LogP contribution in [0.15, 0.2) is 53.6 Å². The third-order valence-electron chi connectivity index (χ3n) is 4.36. The van der Waals surface area contributed by atoms with Gasteiger partial charge in [0.2, 0.25) is 12.7 Å². The van der Waals surface area contributed by atoms with Gasteiger partial charge in [-0.3, -0.25) is 14.2 Å². The van der Waals surface area contributed by atoms with E-state index in [9.17, 15) is 9.59 Å². The van der Waals surface area contributed by atoms with E-state index in [0.717, 1.165) is 0 Å². The largest absolute Gasteiger partial charge is 0.454 e. The number of rotatable bonds is 4. The zero-order valence-corrected chi connectivity index (χ0v) is 14.1. The Hall–Kier alpha value is -3.35. The molecule has 132 valence electrons. The molecule has 1 N–H and O–H groups in total. The number of para-hydroxylation sites is 1. The Balaban J connectivity index is 1.64. The van der Waals surface area contributed by atoms with E-state index in [1.807, 2.05) is 13.0 Å². The Morgan fingerprint density at radius 1 is 1.23 bits per heavy atom. The van der Waals surface area contributed by atoms with Gasteiger partial charge in [0.1, 0.15) is 6.04 Å². The van der Waals surface area contributed by atoms with Crippen LogP contribution in [0.4, 0.5) is 5.69 Å². The fourth-order valence-corrected chi connectivity index (χ4v) is 3.01. The number of carbonyl (C=O) groups excluding carboxylic acids is 1. The van der Waals surface area contributed by atoms with Crippen molar-refractivity contribution in [2.45, 2.75) is 19.4 Å². The van der Waals surface area contributed by atoms with E-state index in [0.29, 0.717) is 34.5 Å². The van der Waals surface area contributed by atoms with Gasteiger partial charge in [-0.1, -0.05) is 19.1 Å². The van der Waals surface area contributed by atoms with Crippen molar-refractivity contribution in [1.29, 1.82) is 0 Å². The van der Waals surface area contributed by atoms with Gasteiger partial charge in [0.05, 0.1) is 17.2 Å². The number of nitrogens with zero attached hydrogens (tertiary/aromatic N) is 2. The van der Waals surface area contributed by atoms with Gasteiger partial charge in [0, 0.05) is 11.8 Å². The van der Waals surface area contributed by atoms with Gasteiger partial charge in [-0.25, -0.2) is 4.98 Å². The quantitative estimate of drug-likeness (QED) is 0.781. The minimum Gasteiger partial charge on any atom is -0.454 e. The summed E-state index contributed by atoms with van der Waals surface area (Å²) in [5.74, 6) is 0.941. The molecule has 1 unspecified atom stereocenters. The minimum atomic E-state index is -0.662. The molecule has 7 nitrogen and oxygen atoms in total. The van der Waals surface area contributed by atoms with Crippen molar-refractivity contribution >= 4 is 22.5 Å². The van der Waals surface area contributed by atoms with Crippen LogP contribution in [0.2, 0.25) is 0 Å². The summed E-state index contributed by atoms with van der Waals surface area (Å²) in [4.78, 5) is 29.8. The summed E-state index contributed by atoms with van der Waals surface area (Å²) >= 11 is 0. The molecule has 26 heavy (non-hydrogen) atoms. The van der Waals surface area contributed by atoms with Crippen LogP contribution >= 0.6 is 0 Å². The monoisotopic (exact) mass is 351 g/mol. The highest BCUT2D eigenvalue weighted by molar-refractivity contribution is 5.94. The van der Waals surface area contributed by atoms with Gasteiger partial charge >= 0.3 is 0 Å². The number of carbonyl (C=O) groups is 1. The first kappa shape index (κ1) is 16.1. The zero-order chi connectivity index (χ0) is 18.1. The van der Waals surface area contributed by atoms with Crippen LogP contribution in [-0.2, 0) is 4.79 Å². The van der Waals surface area contributed by atoms with Crippen LogP contribution in [-0.4, -0.2) is 22.3 Å². The van der Waals surface area contributed by atoms with Crippen molar-refractivity contribution < 1.29 is 14.3 Å². The van der Waals surface area contributed by atoms with Gasteiger partial charge in [-0.05, 0) is 30.7 Å². The first-order valence-corrected chi connectivity index (χ1v) is 8.34. The highest BCUT2D eigenvalue weighted by Gasteiger charge is 2.22. The van der Waals surface area contributed by atoms with Crippen molar-refractivity contribution in [2.75, 3.05) is 12.1 Å². The SMILES string of the molecule is CCC(C(=O)Nc1ccc2c(c1)OCO2)n1cnc2ccccc2c1=O. The lowest BCUT2D eigenvalue weighted by Crippen LogP contribution is -2.33. The molecule has 0 spiro atoms. The van der Waals surface area contributed by atoms with Crippen LogP contribution in [0, 0.1) is 0 Å². The first-order valence-electron chi connectivity index (χ1n) is 8.34. The van der Waals surface area contributed by atoms with Crippen molar-refractivity contribution in [3.05, 3.63) is 59.1 Å². The Kier molecular flexibility index (Phi) is 4.04. The van der Waals surface area contributed by atoms with Crippen molar-refractivity contribution in [2.24, 2.45) is 0 Å². The Morgan fingerprint density at radius 3 is 2.88 bits per heavy atom. The first-order chi connectivity index (χ1) is 12.7. The highest BCUT2D eigenvalue weighted by atomic mass is 16.7. The molecule has 0 radical (unpaired) electrons. The zero-order valence-electron chi connectivity index (χ0n) is 14.1. The second-order valence-corrected chi connectivity index (χ2v) is 5.96. The number of hydrogen-bond acceptors (Lipinski definition) is 5. The summed E-state index contributed by atoms with van der Waals surface area (Å²) in [6.45, 7) is 2.02. The molecule has 7 heteroatoms. The molecule has 1 aliphatic rings. The van der Waals surface area contributed by atoms with E-state index in [1.54, 1.807) is 36.4 Å². The summed E-state index contributed by atoms with van der Waals surface area (Å²) in [6, 6.07) is 11.6. The summed E-state index contributed by atoms with van der Waals surface area (Å²) in [5.41, 5.74) is 0.961. The number of ether oxygens (including phenoxy) is 2. The van der Waals surface area contributed by atoms with Crippen LogP contribution in [0.3, 0.4) is 0 Å². The fourth-order valence-electron chi connectivity index (χ4n) is 3.01. The molecule has 1 aliphatic heterocycles. The molecular weight excluding hydrogens is 334 g/mol. The predicted octanol–water partition coefficient (Wildman–Crippen LogP) is 2.72. The predicted molar refractivity (Wildman–Crippen MR) is 96.5 cm³/mol. The molecule has 2 heterocycles. The number of benzene rings is 2. The van der Waals surface area contributed by atoms with Gasteiger partial charge in [-0.15, -0.1) is 0 Å².